The van der Waals surface area contributed by atoms with Crippen molar-refractivity contribution in [3.8, 4) is 5.88 Å². The molecule has 1 heterocycles. The van der Waals surface area contributed by atoms with Crippen LogP contribution in [0.4, 0.5) is 0 Å². The molecule has 0 fully saturated rings. The first kappa shape index (κ1) is 6.29. The summed E-state index contributed by atoms with van der Waals surface area (Å²) in [5, 5.41) is 15.9. The molecule has 3 nitrogen and oxygen atoms in total. The van der Waals surface area contributed by atoms with Crippen LogP contribution < -0.4 is 0 Å². The molecule has 0 aromatic carbocycles. The Kier molecular flexibility index (Phi) is 1.53. The smallest absolute Gasteiger partial charge is 0.234 e. The van der Waals surface area contributed by atoms with Gasteiger partial charge in [-0.15, -0.1) is 10.2 Å². The van der Waals surface area contributed by atoms with Crippen molar-refractivity contribution in [3.05, 3.63) is 16.8 Å². The van der Waals surface area contributed by atoms with E-state index >= 15 is 0 Å². The van der Waals surface area contributed by atoms with Crippen LogP contribution in [0.5, 0.6) is 5.88 Å². The van der Waals surface area contributed by atoms with Crippen molar-refractivity contribution in [2.45, 2.75) is 6.92 Å². The van der Waals surface area contributed by atoms with Gasteiger partial charge in [0.15, 0.2) is 5.15 Å². The maximum absolute atomic E-state index is 8.81. The molecule has 1 aromatic heterocycles. The first-order valence-corrected chi connectivity index (χ1v) is 2.77. The van der Waals surface area contributed by atoms with Gasteiger partial charge >= 0.3 is 0 Å². The molecule has 0 bridgehead atoms. The summed E-state index contributed by atoms with van der Waals surface area (Å²) in [6.45, 7) is 1.70. The minimum Gasteiger partial charge on any atom is -0.492 e. The third kappa shape index (κ3) is 1.29. The van der Waals surface area contributed by atoms with E-state index in [2.05, 4.69) is 10.2 Å². The van der Waals surface area contributed by atoms with Crippen LogP contribution in [0.2, 0.25) is 5.15 Å². The largest absolute Gasteiger partial charge is 0.492 e. The molecule has 0 atom stereocenters. The van der Waals surface area contributed by atoms with E-state index in [9.17, 15) is 0 Å². The SMILES string of the molecule is Cc1cc(Cl)nnc1O. The van der Waals surface area contributed by atoms with E-state index in [1.165, 1.54) is 0 Å². The molecule has 1 N–H and O–H groups in total. The highest BCUT2D eigenvalue weighted by Crippen LogP contribution is 2.12. The lowest BCUT2D eigenvalue weighted by Crippen LogP contribution is -1.84. The maximum atomic E-state index is 8.81. The third-order valence-corrected chi connectivity index (χ3v) is 1.11. The van der Waals surface area contributed by atoms with Gasteiger partial charge in [-0.25, -0.2) is 0 Å². The van der Waals surface area contributed by atoms with Crippen molar-refractivity contribution in [1.82, 2.24) is 10.2 Å². The predicted octanol–water partition coefficient (Wildman–Crippen LogP) is 1.14. The summed E-state index contributed by atoms with van der Waals surface area (Å²) in [5.41, 5.74) is 0.634. The van der Waals surface area contributed by atoms with Crippen LogP contribution in [0.3, 0.4) is 0 Å². The van der Waals surface area contributed by atoms with Crippen molar-refractivity contribution in [3.63, 3.8) is 0 Å². The number of rotatable bonds is 0. The van der Waals surface area contributed by atoms with Crippen LogP contribution >= 0.6 is 11.6 Å². The number of hydrogen-bond acceptors (Lipinski definition) is 3. The molecule has 48 valence electrons. The van der Waals surface area contributed by atoms with Crippen molar-refractivity contribution in [1.29, 1.82) is 0 Å². The Morgan fingerprint density at radius 2 is 2.22 bits per heavy atom. The zero-order chi connectivity index (χ0) is 6.85. The summed E-state index contributed by atoms with van der Waals surface area (Å²) in [6, 6.07) is 1.55. The number of nitrogens with zero attached hydrogens (tertiary/aromatic N) is 2. The molecule has 0 spiro atoms. The van der Waals surface area contributed by atoms with Gasteiger partial charge < -0.3 is 5.11 Å². The summed E-state index contributed by atoms with van der Waals surface area (Å²) >= 11 is 5.43. The van der Waals surface area contributed by atoms with Crippen LogP contribution in [0.15, 0.2) is 6.07 Å². The third-order valence-electron chi connectivity index (χ3n) is 0.929. The molecule has 9 heavy (non-hydrogen) atoms. The molecular weight excluding hydrogens is 140 g/mol. The van der Waals surface area contributed by atoms with Gasteiger partial charge in [-0.1, -0.05) is 11.6 Å². The van der Waals surface area contributed by atoms with Crippen LogP contribution in [0.1, 0.15) is 5.56 Å². The molecule has 4 heteroatoms. The lowest BCUT2D eigenvalue weighted by molar-refractivity contribution is 0.440. The highest BCUT2D eigenvalue weighted by Gasteiger charge is 1.96. The van der Waals surface area contributed by atoms with E-state index in [-0.39, 0.29) is 5.88 Å². The van der Waals surface area contributed by atoms with Crippen molar-refractivity contribution in [2.75, 3.05) is 0 Å². The summed E-state index contributed by atoms with van der Waals surface area (Å²) in [6.07, 6.45) is 0. The van der Waals surface area contributed by atoms with Gasteiger partial charge in [-0.2, -0.15) is 0 Å². The van der Waals surface area contributed by atoms with Crippen molar-refractivity contribution in [2.24, 2.45) is 0 Å². The summed E-state index contributed by atoms with van der Waals surface area (Å²) < 4.78 is 0. The van der Waals surface area contributed by atoms with E-state index in [1.807, 2.05) is 0 Å². The molecule has 0 amide bonds. The monoisotopic (exact) mass is 144 g/mol. The molecule has 0 saturated heterocycles. The Labute approximate surface area is 57.3 Å². The number of aromatic nitrogens is 2. The Balaban J connectivity index is 3.17. The van der Waals surface area contributed by atoms with Gasteiger partial charge in [0.25, 0.3) is 0 Å². The van der Waals surface area contributed by atoms with Gasteiger partial charge in [0.2, 0.25) is 5.88 Å². The average molecular weight is 145 g/mol. The van der Waals surface area contributed by atoms with Crippen LogP contribution in [-0.4, -0.2) is 15.3 Å². The van der Waals surface area contributed by atoms with Crippen LogP contribution in [0, 0.1) is 6.92 Å². The molecule has 0 saturated carbocycles. The quantitative estimate of drug-likeness (QED) is 0.594. The van der Waals surface area contributed by atoms with Gasteiger partial charge in [-0.3, -0.25) is 0 Å². The van der Waals surface area contributed by atoms with Gasteiger partial charge in [0.05, 0.1) is 0 Å². The first-order valence-electron chi connectivity index (χ1n) is 2.39. The normalized spacial score (nSPS) is 9.56. The zero-order valence-electron chi connectivity index (χ0n) is 4.80. The highest BCUT2D eigenvalue weighted by atomic mass is 35.5. The van der Waals surface area contributed by atoms with E-state index in [1.54, 1.807) is 13.0 Å². The molecule has 0 unspecified atom stereocenters. The van der Waals surface area contributed by atoms with Crippen molar-refractivity contribution >= 4 is 11.6 Å². The topological polar surface area (TPSA) is 46.0 Å². The van der Waals surface area contributed by atoms with Crippen LogP contribution in [0.25, 0.3) is 0 Å². The molecular formula is C5H5ClN2O. The maximum Gasteiger partial charge on any atom is 0.234 e. The van der Waals surface area contributed by atoms with Crippen LogP contribution in [-0.2, 0) is 0 Å². The molecule has 0 aliphatic carbocycles. The van der Waals surface area contributed by atoms with Gasteiger partial charge in [0, 0.05) is 5.56 Å². The van der Waals surface area contributed by atoms with E-state index in [0.717, 1.165) is 0 Å². The summed E-state index contributed by atoms with van der Waals surface area (Å²) in [7, 11) is 0. The Morgan fingerprint density at radius 1 is 1.56 bits per heavy atom. The number of halogens is 1. The van der Waals surface area contributed by atoms with Crippen molar-refractivity contribution < 1.29 is 5.11 Å². The summed E-state index contributed by atoms with van der Waals surface area (Å²) in [5.74, 6) is -0.0700. The number of aromatic hydroxyl groups is 1. The fourth-order valence-corrected chi connectivity index (χ4v) is 0.648. The minimum absolute atomic E-state index is 0.0700. The highest BCUT2D eigenvalue weighted by molar-refractivity contribution is 6.29. The molecule has 1 aromatic rings. The number of aryl methyl sites for hydroxylation is 1. The second-order valence-electron chi connectivity index (χ2n) is 1.67. The van der Waals surface area contributed by atoms with E-state index < -0.39 is 0 Å². The predicted molar refractivity (Wildman–Crippen MR) is 33.4 cm³/mol. The minimum atomic E-state index is -0.0700. The Bertz CT molecular complexity index is 226. The fraction of sp³-hybridized carbons (Fsp3) is 0.200. The molecule has 0 aliphatic rings. The second-order valence-corrected chi connectivity index (χ2v) is 2.06. The molecule has 0 aliphatic heterocycles. The Hall–Kier alpha value is -0.830. The Morgan fingerprint density at radius 3 is 2.67 bits per heavy atom. The van der Waals surface area contributed by atoms with E-state index in [0.29, 0.717) is 10.7 Å². The van der Waals surface area contributed by atoms with E-state index in [4.69, 9.17) is 16.7 Å². The summed E-state index contributed by atoms with van der Waals surface area (Å²) in [4.78, 5) is 0. The first-order chi connectivity index (χ1) is 4.20. The number of hydrogen-bond donors (Lipinski definition) is 1. The molecule has 0 radical (unpaired) electrons. The van der Waals surface area contributed by atoms with Gasteiger partial charge in [0.1, 0.15) is 0 Å². The lowest BCUT2D eigenvalue weighted by Gasteiger charge is -1.92. The molecule has 1 rings (SSSR count). The van der Waals surface area contributed by atoms with Gasteiger partial charge in [-0.05, 0) is 13.0 Å². The zero-order valence-corrected chi connectivity index (χ0v) is 5.55. The second kappa shape index (κ2) is 2.19. The standard InChI is InChI=1S/C5H5ClN2O/c1-3-2-4(6)7-8-5(3)9/h2H,1H3,(H,8,9). The average Bonchev–Trinajstić information content (AvgIpc) is 1.80. The fourth-order valence-electron chi connectivity index (χ4n) is 0.446. The lowest BCUT2D eigenvalue weighted by atomic mass is 10.3.